The summed E-state index contributed by atoms with van der Waals surface area (Å²) in [4.78, 5) is 11.4. The van der Waals surface area contributed by atoms with Gasteiger partial charge < -0.3 is 10.1 Å². The lowest BCUT2D eigenvalue weighted by atomic mass is 10.2. The first kappa shape index (κ1) is 19.6. The Morgan fingerprint density at radius 3 is 2.12 bits per heavy atom. The summed E-state index contributed by atoms with van der Waals surface area (Å²) < 4.78 is 67.7. The first-order valence-electron chi connectivity index (χ1n) is 7.25. The maximum absolute atomic E-state index is 12.3. The average Bonchev–Trinajstić information content (AvgIpc) is 2.59. The third-order valence-electron chi connectivity index (χ3n) is 3.16. The third kappa shape index (κ3) is 5.38. The monoisotopic (exact) mass is 388 g/mol. The van der Waals surface area contributed by atoms with Crippen LogP contribution in [-0.4, -0.2) is 34.2 Å². The van der Waals surface area contributed by atoms with E-state index in [1.165, 1.54) is 55.6 Å². The Hall–Kier alpha value is -2.75. The van der Waals surface area contributed by atoms with Crippen LogP contribution in [0, 0.1) is 0 Å². The van der Waals surface area contributed by atoms with Crippen molar-refractivity contribution >= 4 is 21.6 Å². The van der Waals surface area contributed by atoms with Crippen LogP contribution in [-0.2, 0) is 10.0 Å². The maximum Gasteiger partial charge on any atom is 0.422 e. The summed E-state index contributed by atoms with van der Waals surface area (Å²) in [6.45, 7) is -1.43. The molecule has 0 saturated heterocycles. The summed E-state index contributed by atoms with van der Waals surface area (Å²) in [7, 11) is -2.46. The summed E-state index contributed by atoms with van der Waals surface area (Å²) in [5, 5.41) is 2.42. The van der Waals surface area contributed by atoms with Gasteiger partial charge in [-0.25, -0.2) is 8.42 Å². The minimum atomic E-state index is -4.46. The molecule has 0 heterocycles. The van der Waals surface area contributed by atoms with Crippen LogP contribution in [0.2, 0.25) is 0 Å². The van der Waals surface area contributed by atoms with Crippen LogP contribution in [0.15, 0.2) is 53.4 Å². The number of ether oxygens (including phenoxy) is 1. The molecule has 0 spiro atoms. The smallest absolute Gasteiger partial charge is 0.422 e. The molecule has 2 rings (SSSR count). The van der Waals surface area contributed by atoms with Crippen LogP contribution in [0.5, 0.6) is 5.75 Å². The van der Waals surface area contributed by atoms with Gasteiger partial charge in [0, 0.05) is 18.3 Å². The van der Waals surface area contributed by atoms with E-state index in [0.29, 0.717) is 5.56 Å². The van der Waals surface area contributed by atoms with Gasteiger partial charge >= 0.3 is 6.18 Å². The van der Waals surface area contributed by atoms with E-state index >= 15 is 0 Å². The molecular weight excluding hydrogens is 373 g/mol. The van der Waals surface area contributed by atoms with Gasteiger partial charge in [0.15, 0.2) is 6.61 Å². The molecule has 1 amide bonds. The zero-order valence-corrected chi connectivity index (χ0v) is 14.3. The number of carbonyl (C=O) groups excluding carboxylic acids is 1. The Morgan fingerprint density at radius 2 is 1.62 bits per heavy atom. The van der Waals surface area contributed by atoms with E-state index in [-0.39, 0.29) is 22.2 Å². The van der Waals surface area contributed by atoms with Crippen molar-refractivity contribution in [3.05, 3.63) is 54.1 Å². The zero-order valence-electron chi connectivity index (χ0n) is 13.5. The Balaban J connectivity index is 2.08. The summed E-state index contributed by atoms with van der Waals surface area (Å²) in [5.41, 5.74) is 0.456. The second kappa shape index (κ2) is 7.65. The molecule has 0 atom stereocenters. The largest absolute Gasteiger partial charge is 0.484 e. The Labute approximate surface area is 148 Å². The van der Waals surface area contributed by atoms with Gasteiger partial charge in [-0.3, -0.25) is 9.52 Å². The van der Waals surface area contributed by atoms with Gasteiger partial charge in [-0.1, -0.05) is 0 Å². The lowest BCUT2D eigenvalue weighted by Gasteiger charge is -2.11. The standard InChI is InChI=1S/C16H15F3N2O4S/c1-20-15(22)11-2-8-14(9-3-11)26(23,24)21-12-4-6-13(7-5-12)25-10-16(17,18)19/h2-9,21H,10H2,1H3,(H,20,22). The molecule has 0 aliphatic carbocycles. The summed E-state index contributed by atoms with van der Waals surface area (Å²) in [5.74, 6) is -0.392. The molecule has 6 nitrogen and oxygen atoms in total. The number of alkyl halides is 3. The summed E-state index contributed by atoms with van der Waals surface area (Å²) in [6, 6.07) is 10.3. The van der Waals surface area contributed by atoms with Crippen LogP contribution in [0.1, 0.15) is 10.4 Å². The van der Waals surface area contributed by atoms with Crippen LogP contribution >= 0.6 is 0 Å². The van der Waals surface area contributed by atoms with Crippen molar-refractivity contribution in [1.29, 1.82) is 0 Å². The Kier molecular flexibility index (Phi) is 5.76. The van der Waals surface area contributed by atoms with Crippen molar-refractivity contribution in [2.45, 2.75) is 11.1 Å². The highest BCUT2D eigenvalue weighted by Gasteiger charge is 2.28. The number of anilines is 1. The number of benzene rings is 2. The first-order valence-corrected chi connectivity index (χ1v) is 8.73. The van der Waals surface area contributed by atoms with Gasteiger partial charge in [0.05, 0.1) is 4.90 Å². The van der Waals surface area contributed by atoms with Crippen molar-refractivity contribution in [2.75, 3.05) is 18.4 Å². The molecular formula is C16H15F3N2O4S. The fourth-order valence-corrected chi connectivity index (χ4v) is 2.99. The lowest BCUT2D eigenvalue weighted by molar-refractivity contribution is -0.153. The predicted molar refractivity (Wildman–Crippen MR) is 88.6 cm³/mol. The highest BCUT2D eigenvalue weighted by atomic mass is 32.2. The van der Waals surface area contributed by atoms with Crippen molar-refractivity contribution in [1.82, 2.24) is 5.32 Å². The van der Waals surface area contributed by atoms with Crippen molar-refractivity contribution in [3.8, 4) is 5.75 Å². The summed E-state index contributed by atoms with van der Waals surface area (Å²) >= 11 is 0. The van der Waals surface area contributed by atoms with E-state index < -0.39 is 22.8 Å². The zero-order chi connectivity index (χ0) is 19.4. The molecule has 0 aliphatic heterocycles. The van der Waals surface area contributed by atoms with Gasteiger partial charge in [-0.2, -0.15) is 13.2 Å². The minimum Gasteiger partial charge on any atom is -0.484 e. The molecule has 140 valence electrons. The normalized spacial score (nSPS) is 11.7. The van der Waals surface area contributed by atoms with E-state index in [1.807, 2.05) is 0 Å². The van der Waals surface area contributed by atoms with Crippen LogP contribution in [0.25, 0.3) is 0 Å². The van der Waals surface area contributed by atoms with Gasteiger partial charge in [-0.05, 0) is 48.5 Å². The van der Waals surface area contributed by atoms with E-state index in [1.54, 1.807) is 0 Å². The van der Waals surface area contributed by atoms with Crippen molar-refractivity contribution in [3.63, 3.8) is 0 Å². The first-order chi connectivity index (χ1) is 12.1. The highest BCUT2D eigenvalue weighted by Crippen LogP contribution is 2.22. The number of halogens is 3. The number of sulfonamides is 1. The molecule has 0 saturated carbocycles. The minimum absolute atomic E-state index is 0.0415. The molecule has 26 heavy (non-hydrogen) atoms. The molecule has 2 aromatic carbocycles. The van der Waals surface area contributed by atoms with E-state index in [2.05, 4.69) is 14.8 Å². The molecule has 2 aromatic rings. The molecule has 0 fully saturated rings. The fourth-order valence-electron chi connectivity index (χ4n) is 1.93. The van der Waals surface area contributed by atoms with Gasteiger partial charge in [-0.15, -0.1) is 0 Å². The van der Waals surface area contributed by atoms with Crippen molar-refractivity contribution in [2.24, 2.45) is 0 Å². The van der Waals surface area contributed by atoms with E-state index in [0.717, 1.165) is 0 Å². The molecule has 0 radical (unpaired) electrons. The molecule has 0 unspecified atom stereocenters. The number of hydrogen-bond donors (Lipinski definition) is 2. The second-order valence-corrected chi connectivity index (χ2v) is 6.82. The molecule has 0 aromatic heterocycles. The van der Waals surface area contributed by atoms with E-state index in [4.69, 9.17) is 0 Å². The van der Waals surface area contributed by atoms with Gasteiger partial charge in [0.2, 0.25) is 0 Å². The Morgan fingerprint density at radius 1 is 1.04 bits per heavy atom. The number of carbonyl (C=O) groups is 1. The number of hydrogen-bond acceptors (Lipinski definition) is 4. The maximum atomic E-state index is 12.3. The van der Waals surface area contributed by atoms with Crippen LogP contribution in [0.3, 0.4) is 0 Å². The number of amides is 1. The molecule has 0 bridgehead atoms. The van der Waals surface area contributed by atoms with E-state index in [9.17, 15) is 26.4 Å². The fraction of sp³-hybridized carbons (Fsp3) is 0.188. The van der Waals surface area contributed by atoms with Gasteiger partial charge in [0.25, 0.3) is 15.9 Å². The number of nitrogens with one attached hydrogen (secondary N) is 2. The molecule has 2 N–H and O–H groups in total. The SMILES string of the molecule is CNC(=O)c1ccc(S(=O)(=O)Nc2ccc(OCC(F)(F)F)cc2)cc1. The highest BCUT2D eigenvalue weighted by molar-refractivity contribution is 7.92. The molecule has 0 aliphatic rings. The second-order valence-electron chi connectivity index (χ2n) is 5.14. The van der Waals surface area contributed by atoms with Crippen LogP contribution in [0.4, 0.5) is 18.9 Å². The topological polar surface area (TPSA) is 84.5 Å². The quantitative estimate of drug-likeness (QED) is 0.797. The lowest BCUT2D eigenvalue weighted by Crippen LogP contribution is -2.19. The van der Waals surface area contributed by atoms with Crippen molar-refractivity contribution < 1.29 is 31.1 Å². The van der Waals surface area contributed by atoms with Crippen LogP contribution < -0.4 is 14.8 Å². The predicted octanol–water partition coefficient (Wildman–Crippen LogP) is 2.79. The molecule has 10 heteroatoms. The van der Waals surface area contributed by atoms with Gasteiger partial charge in [0.1, 0.15) is 5.75 Å². The Bertz CT molecular complexity index is 864. The summed E-state index contributed by atoms with van der Waals surface area (Å²) in [6.07, 6.45) is -4.46. The average molecular weight is 388 g/mol. The number of rotatable bonds is 6. The third-order valence-corrected chi connectivity index (χ3v) is 4.56.